The van der Waals surface area contributed by atoms with Gasteiger partial charge in [0.15, 0.2) is 0 Å². The van der Waals surface area contributed by atoms with Gasteiger partial charge in [0.1, 0.15) is 5.82 Å². The summed E-state index contributed by atoms with van der Waals surface area (Å²) in [6.07, 6.45) is 5.65. The van der Waals surface area contributed by atoms with Crippen LogP contribution in [0.2, 0.25) is 5.02 Å². The molecule has 2 heterocycles. The van der Waals surface area contributed by atoms with Crippen molar-refractivity contribution in [2.45, 2.75) is 24.8 Å². The third-order valence-corrected chi connectivity index (χ3v) is 4.43. The van der Waals surface area contributed by atoms with Crippen molar-refractivity contribution >= 4 is 11.6 Å². The number of rotatable bonds is 5. The van der Waals surface area contributed by atoms with Crippen molar-refractivity contribution in [3.63, 3.8) is 0 Å². The Morgan fingerprint density at radius 3 is 2.90 bits per heavy atom. The number of hydrogen-bond donors (Lipinski definition) is 2. The van der Waals surface area contributed by atoms with Crippen LogP contribution in [0.3, 0.4) is 0 Å². The summed E-state index contributed by atoms with van der Waals surface area (Å²) < 4.78 is 5.55. The fourth-order valence-corrected chi connectivity index (χ4v) is 3.15. The number of benzene rings is 1. The molecule has 5 heteroatoms. The lowest BCUT2D eigenvalue weighted by molar-refractivity contribution is 0.0497. The molecule has 1 aliphatic heterocycles. The first-order valence-corrected chi connectivity index (χ1v) is 7.69. The van der Waals surface area contributed by atoms with Crippen LogP contribution in [0.5, 0.6) is 0 Å². The summed E-state index contributed by atoms with van der Waals surface area (Å²) >= 11 is 6.17. The minimum absolute atomic E-state index is 0.0930. The second-order valence-corrected chi connectivity index (χ2v) is 5.98. The van der Waals surface area contributed by atoms with Crippen molar-refractivity contribution in [1.82, 2.24) is 15.3 Å². The molecule has 112 valence electrons. The molecule has 1 aromatic heterocycles. The average Bonchev–Trinajstić information content (AvgIpc) is 3.02. The van der Waals surface area contributed by atoms with Crippen molar-refractivity contribution in [3.8, 4) is 0 Å². The fourth-order valence-electron chi connectivity index (χ4n) is 2.96. The Morgan fingerprint density at radius 1 is 1.33 bits per heavy atom. The van der Waals surface area contributed by atoms with E-state index in [4.69, 9.17) is 16.3 Å². The van der Waals surface area contributed by atoms with Gasteiger partial charge >= 0.3 is 0 Å². The van der Waals surface area contributed by atoms with E-state index < -0.39 is 0 Å². The number of nitrogens with zero attached hydrogens (tertiary/aromatic N) is 1. The Kier molecular flexibility index (Phi) is 4.58. The van der Waals surface area contributed by atoms with Gasteiger partial charge in [-0.15, -0.1) is 0 Å². The summed E-state index contributed by atoms with van der Waals surface area (Å²) in [5.41, 5.74) is 1.39. The van der Waals surface area contributed by atoms with E-state index in [2.05, 4.69) is 27.4 Å². The molecule has 0 spiro atoms. The van der Waals surface area contributed by atoms with Gasteiger partial charge in [-0.05, 0) is 30.5 Å². The SMILES string of the molecule is Clc1cccc(C2(CNCc3ncc[nH]3)CCOCC2)c1. The van der Waals surface area contributed by atoms with Crippen LogP contribution in [0.15, 0.2) is 36.7 Å². The molecule has 1 saturated heterocycles. The number of ether oxygens (including phenoxy) is 1. The number of hydrogen-bond acceptors (Lipinski definition) is 3. The zero-order valence-corrected chi connectivity index (χ0v) is 12.7. The zero-order valence-electron chi connectivity index (χ0n) is 11.9. The predicted molar refractivity (Wildman–Crippen MR) is 83.5 cm³/mol. The Hall–Kier alpha value is -1.36. The van der Waals surface area contributed by atoms with Gasteiger partial charge in [-0.2, -0.15) is 0 Å². The molecular formula is C16H20ClN3O. The summed E-state index contributed by atoms with van der Waals surface area (Å²) in [6.45, 7) is 3.25. The summed E-state index contributed by atoms with van der Waals surface area (Å²) in [4.78, 5) is 7.36. The third kappa shape index (κ3) is 3.46. The van der Waals surface area contributed by atoms with Crippen molar-refractivity contribution in [2.75, 3.05) is 19.8 Å². The zero-order chi connectivity index (χ0) is 14.5. The van der Waals surface area contributed by atoms with Gasteiger partial charge in [-0.25, -0.2) is 4.98 Å². The molecule has 2 N–H and O–H groups in total. The van der Waals surface area contributed by atoms with E-state index in [0.717, 1.165) is 50.0 Å². The highest BCUT2D eigenvalue weighted by Crippen LogP contribution is 2.35. The molecule has 21 heavy (non-hydrogen) atoms. The molecule has 0 bridgehead atoms. The largest absolute Gasteiger partial charge is 0.381 e. The number of aromatic nitrogens is 2. The van der Waals surface area contributed by atoms with Crippen molar-refractivity contribution in [3.05, 3.63) is 53.1 Å². The molecule has 3 rings (SSSR count). The van der Waals surface area contributed by atoms with E-state index in [1.807, 2.05) is 18.3 Å². The van der Waals surface area contributed by atoms with E-state index in [1.165, 1.54) is 5.56 Å². The predicted octanol–water partition coefficient (Wildman–Crippen LogP) is 2.90. The van der Waals surface area contributed by atoms with Crippen LogP contribution in [0.4, 0.5) is 0 Å². The molecule has 0 saturated carbocycles. The van der Waals surface area contributed by atoms with Crippen LogP contribution in [0.25, 0.3) is 0 Å². The fraction of sp³-hybridized carbons (Fsp3) is 0.438. The highest BCUT2D eigenvalue weighted by atomic mass is 35.5. The first kappa shape index (κ1) is 14.6. The molecule has 2 aromatic rings. The lowest BCUT2D eigenvalue weighted by Crippen LogP contribution is -2.42. The van der Waals surface area contributed by atoms with Gasteiger partial charge in [0, 0.05) is 42.6 Å². The quantitative estimate of drug-likeness (QED) is 0.893. The lowest BCUT2D eigenvalue weighted by Gasteiger charge is -2.38. The van der Waals surface area contributed by atoms with Crippen molar-refractivity contribution < 1.29 is 4.74 Å². The van der Waals surface area contributed by atoms with Gasteiger partial charge in [0.25, 0.3) is 0 Å². The number of aromatic amines is 1. The molecule has 0 amide bonds. The van der Waals surface area contributed by atoms with E-state index in [1.54, 1.807) is 6.20 Å². The second-order valence-electron chi connectivity index (χ2n) is 5.54. The number of H-pyrrole nitrogens is 1. The molecule has 0 radical (unpaired) electrons. The molecule has 0 atom stereocenters. The summed E-state index contributed by atoms with van der Waals surface area (Å²) in [5.74, 6) is 0.961. The molecule has 1 aliphatic rings. The number of halogens is 1. The van der Waals surface area contributed by atoms with Gasteiger partial charge in [0.2, 0.25) is 0 Å². The Morgan fingerprint density at radius 2 is 2.19 bits per heavy atom. The lowest BCUT2D eigenvalue weighted by atomic mass is 9.74. The molecule has 1 fully saturated rings. The Balaban J connectivity index is 1.73. The maximum Gasteiger partial charge on any atom is 0.120 e. The third-order valence-electron chi connectivity index (χ3n) is 4.20. The normalized spacial score (nSPS) is 17.8. The van der Waals surface area contributed by atoms with Gasteiger partial charge in [0.05, 0.1) is 6.54 Å². The maximum atomic E-state index is 6.17. The van der Waals surface area contributed by atoms with Gasteiger partial charge in [-0.3, -0.25) is 0 Å². The molecule has 0 unspecified atom stereocenters. The van der Waals surface area contributed by atoms with Crippen molar-refractivity contribution in [2.24, 2.45) is 0 Å². The summed E-state index contributed by atoms with van der Waals surface area (Å²) in [6, 6.07) is 8.21. The second kappa shape index (κ2) is 6.60. The maximum absolute atomic E-state index is 6.17. The van der Waals surface area contributed by atoms with Gasteiger partial charge in [-0.1, -0.05) is 23.7 Å². The van der Waals surface area contributed by atoms with E-state index >= 15 is 0 Å². The molecule has 4 nitrogen and oxygen atoms in total. The topological polar surface area (TPSA) is 49.9 Å². The minimum atomic E-state index is 0.0930. The first-order chi connectivity index (χ1) is 10.3. The van der Waals surface area contributed by atoms with Crippen LogP contribution >= 0.6 is 11.6 Å². The van der Waals surface area contributed by atoms with E-state index in [-0.39, 0.29) is 5.41 Å². The Labute approximate surface area is 129 Å². The smallest absolute Gasteiger partial charge is 0.120 e. The van der Waals surface area contributed by atoms with E-state index in [9.17, 15) is 0 Å². The summed E-state index contributed by atoms with van der Waals surface area (Å²) in [5, 5.41) is 4.32. The molecule has 1 aromatic carbocycles. The monoisotopic (exact) mass is 305 g/mol. The number of nitrogens with one attached hydrogen (secondary N) is 2. The van der Waals surface area contributed by atoms with Crippen molar-refractivity contribution in [1.29, 1.82) is 0 Å². The standard InChI is InChI=1S/C16H20ClN3O/c17-14-3-1-2-13(10-14)16(4-8-21-9-5-16)12-18-11-15-19-6-7-20-15/h1-3,6-7,10,18H,4-5,8-9,11-12H2,(H,19,20). The van der Waals surface area contributed by atoms with Gasteiger partial charge < -0.3 is 15.0 Å². The molecular weight excluding hydrogens is 286 g/mol. The highest BCUT2D eigenvalue weighted by Gasteiger charge is 2.34. The van der Waals surface area contributed by atoms with Crippen LogP contribution in [-0.4, -0.2) is 29.7 Å². The van der Waals surface area contributed by atoms with Crippen LogP contribution in [0.1, 0.15) is 24.2 Å². The Bertz CT molecular complexity index is 565. The van der Waals surface area contributed by atoms with Crippen LogP contribution < -0.4 is 5.32 Å². The average molecular weight is 306 g/mol. The van der Waals surface area contributed by atoms with Crippen LogP contribution in [0, 0.1) is 0 Å². The van der Waals surface area contributed by atoms with Crippen LogP contribution in [-0.2, 0) is 16.7 Å². The highest BCUT2D eigenvalue weighted by molar-refractivity contribution is 6.30. The molecule has 0 aliphatic carbocycles. The minimum Gasteiger partial charge on any atom is -0.381 e. The first-order valence-electron chi connectivity index (χ1n) is 7.31. The number of imidazole rings is 1. The summed E-state index contributed by atoms with van der Waals surface area (Å²) in [7, 11) is 0. The van der Waals surface area contributed by atoms with E-state index in [0.29, 0.717) is 0 Å².